The summed E-state index contributed by atoms with van der Waals surface area (Å²) >= 11 is 0. The van der Waals surface area contributed by atoms with Crippen LogP contribution < -0.4 is 10.1 Å². The van der Waals surface area contributed by atoms with Crippen LogP contribution in [0.5, 0.6) is 5.75 Å². The second kappa shape index (κ2) is 8.96. The molecule has 36 heavy (non-hydrogen) atoms. The number of hydrogen-bond acceptors (Lipinski definition) is 5. The Balaban J connectivity index is 1.17. The minimum Gasteiger partial charge on any atom is -0.490 e. The molecule has 1 spiro atoms. The maximum absolute atomic E-state index is 13.4. The highest BCUT2D eigenvalue weighted by Crippen LogP contribution is 2.49. The van der Waals surface area contributed by atoms with Crippen molar-refractivity contribution in [2.45, 2.75) is 57.7 Å². The average molecular weight is 486 g/mol. The van der Waals surface area contributed by atoms with Crippen molar-refractivity contribution >= 4 is 22.6 Å². The predicted octanol–water partition coefficient (Wildman–Crippen LogP) is 5.09. The summed E-state index contributed by atoms with van der Waals surface area (Å²) in [5, 5.41) is 15.8. The molecule has 1 atom stereocenters. The van der Waals surface area contributed by atoms with Gasteiger partial charge in [0, 0.05) is 43.1 Å². The molecule has 4 heterocycles. The summed E-state index contributed by atoms with van der Waals surface area (Å²) < 4.78 is 8.21. The third-order valence-corrected chi connectivity index (χ3v) is 7.17. The Labute approximate surface area is 209 Å². The average Bonchev–Trinajstić information content (AvgIpc) is 3.28. The molecule has 1 saturated heterocycles. The maximum atomic E-state index is 13.4. The van der Waals surface area contributed by atoms with Crippen LogP contribution in [0, 0.1) is 5.92 Å². The number of anilines is 1. The lowest BCUT2D eigenvalue weighted by Crippen LogP contribution is -2.52. The van der Waals surface area contributed by atoms with Crippen molar-refractivity contribution in [3.63, 3.8) is 0 Å². The molecule has 9 nitrogen and oxygen atoms in total. The van der Waals surface area contributed by atoms with Gasteiger partial charge in [0.2, 0.25) is 0 Å². The fraction of sp³-hybridized carbons (Fsp3) is 0.407. The Morgan fingerprint density at radius 3 is 2.83 bits per heavy atom. The number of amides is 2. The van der Waals surface area contributed by atoms with Crippen molar-refractivity contribution in [2.75, 3.05) is 11.9 Å². The molecule has 1 aliphatic heterocycles. The Hall–Kier alpha value is -3.88. The topological polar surface area (TPSA) is 101 Å². The normalized spacial score (nSPS) is 18.6. The van der Waals surface area contributed by atoms with E-state index in [1.54, 1.807) is 6.20 Å². The number of carbonyl (C=O) groups is 1. The van der Waals surface area contributed by atoms with Crippen LogP contribution in [-0.4, -0.2) is 54.1 Å². The lowest BCUT2D eigenvalue weighted by Gasteiger charge is -2.40. The molecule has 2 N–H and O–H groups in total. The van der Waals surface area contributed by atoms with Crippen molar-refractivity contribution < 1.29 is 9.53 Å². The van der Waals surface area contributed by atoms with Crippen molar-refractivity contribution in [3.8, 4) is 17.1 Å². The first-order valence-corrected chi connectivity index (χ1v) is 12.7. The van der Waals surface area contributed by atoms with Crippen LogP contribution in [0.15, 0.2) is 55.0 Å². The second-order valence-electron chi connectivity index (χ2n) is 10.4. The third-order valence-electron chi connectivity index (χ3n) is 7.17. The molecule has 2 amide bonds. The van der Waals surface area contributed by atoms with Crippen molar-refractivity contribution in [1.29, 1.82) is 0 Å². The van der Waals surface area contributed by atoms with Gasteiger partial charge in [0.15, 0.2) is 0 Å². The number of fused-ring (bicyclic) bond motifs is 1. The first kappa shape index (κ1) is 22.6. The first-order chi connectivity index (χ1) is 17.5. The third kappa shape index (κ3) is 4.29. The zero-order valence-electron chi connectivity index (χ0n) is 20.6. The molecular formula is C27H31N7O2. The molecule has 1 unspecified atom stereocenters. The number of hydrogen-bond donors (Lipinski definition) is 2. The number of aromatic amines is 1. The monoisotopic (exact) mass is 485 g/mol. The number of rotatable bonds is 6. The number of likely N-dealkylation sites (tertiary alicyclic amines) is 1. The van der Waals surface area contributed by atoms with Crippen LogP contribution in [0.1, 0.15) is 39.5 Å². The SMILES string of the molecule is CC(C)Cn1ncc2cnc(-c3[nH]ncc3NC(=O)N3CCC(Oc4ccccc4)CC34CC4)cc21. The number of nitrogens with zero attached hydrogens (tertiary/aromatic N) is 5. The van der Waals surface area contributed by atoms with E-state index in [-0.39, 0.29) is 17.7 Å². The lowest BCUT2D eigenvalue weighted by molar-refractivity contribution is 0.0674. The van der Waals surface area contributed by atoms with Crippen LogP contribution >= 0.6 is 0 Å². The molecule has 1 aliphatic carbocycles. The van der Waals surface area contributed by atoms with Crippen LogP contribution in [0.3, 0.4) is 0 Å². The first-order valence-electron chi connectivity index (χ1n) is 12.7. The summed E-state index contributed by atoms with van der Waals surface area (Å²) in [5.41, 5.74) is 2.93. The predicted molar refractivity (Wildman–Crippen MR) is 138 cm³/mol. The van der Waals surface area contributed by atoms with Gasteiger partial charge >= 0.3 is 6.03 Å². The van der Waals surface area contributed by atoms with Crippen LogP contribution in [0.2, 0.25) is 0 Å². The van der Waals surface area contributed by atoms with Crippen molar-refractivity contribution in [3.05, 3.63) is 55.0 Å². The highest BCUT2D eigenvalue weighted by atomic mass is 16.5. The minimum atomic E-state index is -0.119. The van der Waals surface area contributed by atoms with Gasteiger partial charge in [-0.05, 0) is 37.0 Å². The number of benzene rings is 1. The molecule has 6 rings (SSSR count). The second-order valence-corrected chi connectivity index (χ2v) is 10.4. The highest BCUT2D eigenvalue weighted by molar-refractivity contribution is 5.94. The van der Waals surface area contributed by atoms with E-state index in [0.29, 0.717) is 23.8 Å². The zero-order valence-corrected chi connectivity index (χ0v) is 20.6. The Bertz CT molecular complexity index is 1370. The fourth-order valence-corrected chi connectivity index (χ4v) is 5.23. The number of aromatic nitrogens is 5. The van der Waals surface area contributed by atoms with E-state index in [2.05, 4.69) is 39.4 Å². The number of nitrogens with one attached hydrogen (secondary N) is 2. The molecule has 2 fully saturated rings. The zero-order chi connectivity index (χ0) is 24.7. The van der Waals surface area contributed by atoms with Crippen molar-refractivity contribution in [2.24, 2.45) is 5.92 Å². The summed E-state index contributed by atoms with van der Waals surface area (Å²) in [4.78, 5) is 20.0. The van der Waals surface area contributed by atoms with Gasteiger partial charge in [-0.15, -0.1) is 0 Å². The van der Waals surface area contributed by atoms with Crippen molar-refractivity contribution in [1.82, 2.24) is 29.9 Å². The van der Waals surface area contributed by atoms with E-state index >= 15 is 0 Å². The molecule has 2 aliphatic rings. The van der Waals surface area contributed by atoms with E-state index in [9.17, 15) is 4.79 Å². The number of piperidine rings is 1. The Kier molecular flexibility index (Phi) is 5.62. The number of urea groups is 1. The summed E-state index contributed by atoms with van der Waals surface area (Å²) in [7, 11) is 0. The van der Waals surface area contributed by atoms with Gasteiger partial charge < -0.3 is 15.0 Å². The molecule has 0 bridgehead atoms. The van der Waals surface area contributed by atoms with E-state index in [4.69, 9.17) is 4.74 Å². The quantitative estimate of drug-likeness (QED) is 0.396. The number of pyridine rings is 1. The van der Waals surface area contributed by atoms with Crippen LogP contribution in [-0.2, 0) is 6.54 Å². The fourth-order valence-electron chi connectivity index (χ4n) is 5.23. The molecule has 1 saturated carbocycles. The lowest BCUT2D eigenvalue weighted by atomic mass is 9.97. The minimum absolute atomic E-state index is 0.0979. The standard InChI is InChI=1S/C27H31N7O2/c1-18(2)17-34-24-12-22(28-14-19(24)15-30-34)25-23(16-29-32-25)31-26(35)33-11-8-21(13-27(33)9-10-27)36-20-6-4-3-5-7-20/h3-7,12,14-16,18,21H,8-11,13,17H2,1-2H3,(H,29,32)(H,31,35). The van der Waals surface area contributed by atoms with Gasteiger partial charge in [-0.2, -0.15) is 10.2 Å². The smallest absolute Gasteiger partial charge is 0.322 e. The molecule has 0 radical (unpaired) electrons. The molecule has 4 aromatic rings. The van der Waals surface area contributed by atoms with Crippen LogP contribution in [0.25, 0.3) is 22.3 Å². The van der Waals surface area contributed by atoms with Crippen LogP contribution in [0.4, 0.5) is 10.5 Å². The largest absolute Gasteiger partial charge is 0.490 e. The number of carbonyl (C=O) groups excluding carboxylic acids is 1. The maximum Gasteiger partial charge on any atom is 0.322 e. The summed E-state index contributed by atoms with van der Waals surface area (Å²) in [6, 6.07) is 11.8. The molecule has 3 aromatic heterocycles. The van der Waals surface area contributed by atoms with E-state index in [1.807, 2.05) is 58.4 Å². The Morgan fingerprint density at radius 1 is 1.22 bits per heavy atom. The number of H-pyrrole nitrogens is 1. The van der Waals surface area contributed by atoms with E-state index in [0.717, 1.165) is 54.6 Å². The van der Waals surface area contributed by atoms with E-state index in [1.165, 1.54) is 0 Å². The highest BCUT2D eigenvalue weighted by Gasteiger charge is 2.54. The van der Waals surface area contributed by atoms with Gasteiger partial charge in [0.25, 0.3) is 0 Å². The molecular weight excluding hydrogens is 454 g/mol. The van der Waals surface area contributed by atoms with Gasteiger partial charge in [-0.1, -0.05) is 32.0 Å². The summed E-state index contributed by atoms with van der Waals surface area (Å²) in [6.45, 7) is 5.82. The van der Waals surface area contributed by atoms with E-state index < -0.39 is 0 Å². The summed E-state index contributed by atoms with van der Waals surface area (Å²) in [5.74, 6) is 1.36. The Morgan fingerprint density at radius 2 is 2.06 bits per heavy atom. The van der Waals surface area contributed by atoms with Gasteiger partial charge in [-0.3, -0.25) is 14.8 Å². The summed E-state index contributed by atoms with van der Waals surface area (Å²) in [6.07, 6.45) is 9.09. The molecule has 9 heteroatoms. The molecule has 186 valence electrons. The number of para-hydroxylation sites is 1. The van der Waals surface area contributed by atoms with Gasteiger partial charge in [0.05, 0.1) is 29.3 Å². The number of ether oxygens (including phenoxy) is 1. The van der Waals surface area contributed by atoms with Gasteiger partial charge in [0.1, 0.15) is 17.5 Å². The molecule has 1 aromatic carbocycles. The van der Waals surface area contributed by atoms with Gasteiger partial charge in [-0.25, -0.2) is 4.79 Å².